The average Bonchev–Trinajstić information content (AvgIpc) is 2.81. The third-order valence-electron chi connectivity index (χ3n) is 4.20. The highest BCUT2D eigenvalue weighted by Gasteiger charge is 2.44. The topological polar surface area (TPSA) is 57.8 Å². The molecule has 0 spiro atoms. The monoisotopic (exact) mass is 253 g/mol. The molecule has 5 heteroatoms. The molecule has 0 bridgehead atoms. The van der Waals surface area contributed by atoms with Crippen molar-refractivity contribution in [2.75, 3.05) is 0 Å². The molecule has 0 aliphatic heterocycles. The normalized spacial score (nSPS) is 30.8. The van der Waals surface area contributed by atoms with E-state index in [1.807, 2.05) is 6.92 Å². The van der Waals surface area contributed by atoms with Gasteiger partial charge in [0.25, 0.3) is 5.91 Å². The molecule has 1 aromatic heterocycles. The zero-order valence-corrected chi connectivity index (χ0v) is 10.5. The number of hydrogen-bond acceptors (Lipinski definition) is 2. The summed E-state index contributed by atoms with van der Waals surface area (Å²) >= 11 is 6.00. The van der Waals surface area contributed by atoms with Crippen LogP contribution in [0.15, 0.2) is 0 Å². The molecule has 2 aliphatic carbocycles. The predicted molar refractivity (Wildman–Crippen MR) is 65.0 cm³/mol. The van der Waals surface area contributed by atoms with Crippen molar-refractivity contribution in [2.24, 2.45) is 11.8 Å². The van der Waals surface area contributed by atoms with Gasteiger partial charge in [0.2, 0.25) is 0 Å². The van der Waals surface area contributed by atoms with Crippen molar-refractivity contribution in [3.8, 4) is 0 Å². The molecule has 1 amide bonds. The molecule has 2 saturated carbocycles. The number of carbonyl (C=O) groups is 1. The van der Waals surface area contributed by atoms with Gasteiger partial charge in [-0.2, -0.15) is 5.10 Å². The Morgan fingerprint density at radius 3 is 3.00 bits per heavy atom. The van der Waals surface area contributed by atoms with E-state index in [0.29, 0.717) is 22.7 Å². The number of halogens is 1. The molecular formula is C12H16ClN3O. The number of rotatable bonds is 2. The Balaban J connectivity index is 1.66. The van der Waals surface area contributed by atoms with Crippen LogP contribution < -0.4 is 5.32 Å². The van der Waals surface area contributed by atoms with Crippen LogP contribution in [0.5, 0.6) is 0 Å². The maximum absolute atomic E-state index is 12.0. The molecule has 1 heterocycles. The van der Waals surface area contributed by atoms with Gasteiger partial charge < -0.3 is 5.32 Å². The summed E-state index contributed by atoms with van der Waals surface area (Å²) in [7, 11) is 0. The van der Waals surface area contributed by atoms with Gasteiger partial charge in [0.1, 0.15) is 0 Å². The van der Waals surface area contributed by atoms with Crippen LogP contribution in [0, 0.1) is 18.8 Å². The molecule has 17 heavy (non-hydrogen) atoms. The van der Waals surface area contributed by atoms with E-state index in [4.69, 9.17) is 11.6 Å². The number of H-pyrrole nitrogens is 1. The van der Waals surface area contributed by atoms with E-state index < -0.39 is 0 Å². The molecule has 0 aromatic carbocycles. The Morgan fingerprint density at radius 2 is 2.35 bits per heavy atom. The number of aromatic nitrogens is 2. The summed E-state index contributed by atoms with van der Waals surface area (Å²) in [6.45, 7) is 1.81. The van der Waals surface area contributed by atoms with Gasteiger partial charge in [-0.05, 0) is 31.6 Å². The maximum atomic E-state index is 12.0. The van der Waals surface area contributed by atoms with E-state index in [-0.39, 0.29) is 5.91 Å². The van der Waals surface area contributed by atoms with Gasteiger partial charge >= 0.3 is 0 Å². The number of nitrogens with one attached hydrogen (secondary N) is 2. The summed E-state index contributed by atoms with van der Waals surface area (Å²) in [5.41, 5.74) is 1.06. The van der Waals surface area contributed by atoms with E-state index in [0.717, 1.165) is 18.0 Å². The van der Waals surface area contributed by atoms with E-state index in [2.05, 4.69) is 15.5 Å². The van der Waals surface area contributed by atoms with Crippen LogP contribution in [0.3, 0.4) is 0 Å². The highest BCUT2D eigenvalue weighted by Crippen LogP contribution is 2.46. The fraction of sp³-hybridized carbons (Fsp3) is 0.667. The minimum atomic E-state index is -0.144. The van der Waals surface area contributed by atoms with Gasteiger partial charge in [-0.25, -0.2) is 0 Å². The van der Waals surface area contributed by atoms with E-state index >= 15 is 0 Å². The van der Waals surface area contributed by atoms with Crippen LogP contribution in [-0.2, 0) is 0 Å². The van der Waals surface area contributed by atoms with Crippen molar-refractivity contribution in [2.45, 2.75) is 38.6 Å². The maximum Gasteiger partial charge on any atom is 0.273 e. The Kier molecular flexibility index (Phi) is 2.62. The Morgan fingerprint density at radius 1 is 1.53 bits per heavy atom. The molecular weight excluding hydrogens is 238 g/mol. The van der Waals surface area contributed by atoms with Gasteiger partial charge in [0.15, 0.2) is 5.69 Å². The number of fused-ring (bicyclic) bond motifs is 1. The Bertz CT molecular complexity index is 457. The lowest BCUT2D eigenvalue weighted by atomic mass is 9.71. The fourth-order valence-electron chi connectivity index (χ4n) is 3.16. The molecule has 2 fully saturated rings. The lowest BCUT2D eigenvalue weighted by Crippen LogP contribution is -2.50. The van der Waals surface area contributed by atoms with Gasteiger partial charge in [-0.3, -0.25) is 9.89 Å². The summed E-state index contributed by atoms with van der Waals surface area (Å²) in [6.07, 6.45) is 5.02. The highest BCUT2D eigenvalue weighted by atomic mass is 35.5. The van der Waals surface area contributed by atoms with Crippen molar-refractivity contribution >= 4 is 17.5 Å². The number of aryl methyl sites for hydroxylation is 1. The minimum Gasteiger partial charge on any atom is -0.348 e. The van der Waals surface area contributed by atoms with Crippen molar-refractivity contribution in [3.05, 3.63) is 16.4 Å². The summed E-state index contributed by atoms with van der Waals surface area (Å²) in [5, 5.41) is 10.2. The molecule has 3 atom stereocenters. The molecule has 2 N–H and O–H groups in total. The van der Waals surface area contributed by atoms with Crippen LogP contribution in [0.2, 0.25) is 5.02 Å². The molecule has 2 aliphatic rings. The van der Waals surface area contributed by atoms with Gasteiger partial charge in [-0.15, -0.1) is 0 Å². The summed E-state index contributed by atoms with van der Waals surface area (Å²) in [6, 6.07) is 0.336. The van der Waals surface area contributed by atoms with Crippen LogP contribution in [0.25, 0.3) is 0 Å². The first kappa shape index (κ1) is 11.1. The molecule has 3 unspecified atom stereocenters. The largest absolute Gasteiger partial charge is 0.348 e. The van der Waals surface area contributed by atoms with Crippen LogP contribution in [0.4, 0.5) is 0 Å². The number of amides is 1. The quantitative estimate of drug-likeness (QED) is 0.850. The first-order valence-corrected chi connectivity index (χ1v) is 6.56. The fourth-order valence-corrected chi connectivity index (χ4v) is 3.33. The smallest absolute Gasteiger partial charge is 0.273 e. The highest BCUT2D eigenvalue weighted by molar-refractivity contribution is 6.34. The molecule has 3 rings (SSSR count). The third kappa shape index (κ3) is 1.75. The Hall–Kier alpha value is -1.03. The molecule has 0 radical (unpaired) electrons. The van der Waals surface area contributed by atoms with E-state index in [1.165, 1.54) is 19.3 Å². The summed E-state index contributed by atoms with van der Waals surface area (Å²) in [5.74, 6) is 1.39. The predicted octanol–water partition coefficient (Wildman–Crippen LogP) is 2.29. The van der Waals surface area contributed by atoms with Gasteiger partial charge in [0.05, 0.1) is 10.7 Å². The first-order valence-electron chi connectivity index (χ1n) is 6.18. The molecule has 92 valence electrons. The average molecular weight is 254 g/mol. The van der Waals surface area contributed by atoms with Crippen LogP contribution in [0.1, 0.15) is 41.9 Å². The first-order chi connectivity index (χ1) is 8.16. The second kappa shape index (κ2) is 4.02. The standard InChI is InChI=1S/C12H16ClN3O/c1-6-10(13)11(16-15-6)12(17)14-9-5-7-3-2-4-8(7)9/h7-9H,2-5H2,1H3,(H,14,17)(H,15,16). The molecule has 4 nitrogen and oxygen atoms in total. The number of aromatic amines is 1. The van der Waals surface area contributed by atoms with Gasteiger partial charge in [-0.1, -0.05) is 24.4 Å². The van der Waals surface area contributed by atoms with E-state index in [1.54, 1.807) is 0 Å². The van der Waals surface area contributed by atoms with Crippen LogP contribution in [-0.4, -0.2) is 22.1 Å². The summed E-state index contributed by atoms with van der Waals surface area (Å²) in [4.78, 5) is 12.0. The van der Waals surface area contributed by atoms with Crippen molar-refractivity contribution in [1.29, 1.82) is 0 Å². The van der Waals surface area contributed by atoms with Crippen molar-refractivity contribution in [3.63, 3.8) is 0 Å². The van der Waals surface area contributed by atoms with E-state index in [9.17, 15) is 4.79 Å². The molecule has 1 aromatic rings. The SMILES string of the molecule is Cc1[nH]nc(C(=O)NC2CC3CCCC32)c1Cl. The zero-order valence-electron chi connectivity index (χ0n) is 9.79. The third-order valence-corrected chi connectivity index (χ3v) is 4.66. The van der Waals surface area contributed by atoms with Crippen molar-refractivity contribution < 1.29 is 4.79 Å². The van der Waals surface area contributed by atoms with Gasteiger partial charge in [0, 0.05) is 6.04 Å². The van der Waals surface area contributed by atoms with Crippen molar-refractivity contribution in [1.82, 2.24) is 15.5 Å². The Labute approximate surface area is 105 Å². The number of hydrogen-bond donors (Lipinski definition) is 2. The van der Waals surface area contributed by atoms with Crippen LogP contribution >= 0.6 is 11.6 Å². The second-order valence-electron chi connectivity index (χ2n) is 5.18. The lowest BCUT2D eigenvalue weighted by Gasteiger charge is -2.40. The lowest BCUT2D eigenvalue weighted by molar-refractivity contribution is 0.0802. The number of carbonyl (C=O) groups excluding carboxylic acids is 1. The number of nitrogens with zero attached hydrogens (tertiary/aromatic N) is 1. The second-order valence-corrected chi connectivity index (χ2v) is 5.56. The summed E-state index contributed by atoms with van der Waals surface area (Å²) < 4.78 is 0. The minimum absolute atomic E-state index is 0.144. The zero-order chi connectivity index (χ0) is 12.0. The molecule has 0 saturated heterocycles.